The number of hydrazone groups is 1. The van der Waals surface area contributed by atoms with Crippen LogP contribution in [0.2, 0.25) is 10.0 Å². The van der Waals surface area contributed by atoms with Crippen molar-refractivity contribution in [3.63, 3.8) is 0 Å². The van der Waals surface area contributed by atoms with Gasteiger partial charge < -0.3 is 4.74 Å². The van der Waals surface area contributed by atoms with Crippen LogP contribution in [-0.4, -0.2) is 18.2 Å². The normalized spacial score (nSPS) is 12.1. The van der Waals surface area contributed by atoms with Gasteiger partial charge in [-0.25, -0.2) is 5.43 Å². The number of carbonyl (C=O) groups is 1. The van der Waals surface area contributed by atoms with Gasteiger partial charge in [-0.05, 0) is 30.7 Å². The smallest absolute Gasteiger partial charge is 0.280 e. The molecule has 0 aliphatic rings. The van der Waals surface area contributed by atoms with Crippen molar-refractivity contribution in [3.8, 4) is 5.75 Å². The van der Waals surface area contributed by atoms with Gasteiger partial charge in [-0.2, -0.15) is 5.10 Å². The number of amides is 1. The first-order valence-corrected chi connectivity index (χ1v) is 7.31. The van der Waals surface area contributed by atoms with Crippen LogP contribution in [0.3, 0.4) is 0 Å². The van der Waals surface area contributed by atoms with Gasteiger partial charge in [0.1, 0.15) is 5.75 Å². The maximum Gasteiger partial charge on any atom is 0.280 e. The topological polar surface area (TPSA) is 50.7 Å². The van der Waals surface area contributed by atoms with Gasteiger partial charge in [0.05, 0.1) is 11.2 Å². The second-order valence-electron chi connectivity index (χ2n) is 4.48. The Bertz CT molecular complexity index is 675. The third kappa shape index (κ3) is 4.76. The van der Waals surface area contributed by atoms with Gasteiger partial charge in [-0.15, -0.1) is 0 Å². The molecular weight excluding hydrogens is 323 g/mol. The summed E-state index contributed by atoms with van der Waals surface area (Å²) >= 11 is 11.8. The number of halogens is 2. The van der Waals surface area contributed by atoms with Crippen LogP contribution in [0.25, 0.3) is 0 Å². The molecule has 4 nitrogen and oxygen atoms in total. The zero-order valence-electron chi connectivity index (χ0n) is 11.8. The van der Waals surface area contributed by atoms with Crippen molar-refractivity contribution in [1.29, 1.82) is 0 Å². The molecular formula is C16H14Cl2N2O2. The summed E-state index contributed by atoms with van der Waals surface area (Å²) in [6.45, 7) is 1.61. The highest BCUT2D eigenvalue weighted by molar-refractivity contribution is 6.35. The van der Waals surface area contributed by atoms with Gasteiger partial charge in [0.25, 0.3) is 5.91 Å². The minimum Gasteiger partial charge on any atom is -0.479 e. The molecule has 0 fully saturated rings. The van der Waals surface area contributed by atoms with E-state index in [-0.39, 0.29) is 5.91 Å². The third-order valence-electron chi connectivity index (χ3n) is 2.75. The molecule has 2 rings (SSSR count). The second-order valence-corrected chi connectivity index (χ2v) is 5.32. The molecule has 22 heavy (non-hydrogen) atoms. The van der Waals surface area contributed by atoms with Crippen LogP contribution in [0.4, 0.5) is 0 Å². The molecule has 2 aromatic carbocycles. The van der Waals surface area contributed by atoms with Crippen LogP contribution >= 0.6 is 23.2 Å². The van der Waals surface area contributed by atoms with E-state index >= 15 is 0 Å². The molecule has 1 unspecified atom stereocenters. The van der Waals surface area contributed by atoms with Crippen molar-refractivity contribution in [2.75, 3.05) is 0 Å². The zero-order valence-corrected chi connectivity index (χ0v) is 13.3. The van der Waals surface area contributed by atoms with Crippen molar-refractivity contribution in [2.45, 2.75) is 13.0 Å². The lowest BCUT2D eigenvalue weighted by Crippen LogP contribution is -2.33. The first kappa shape index (κ1) is 16.3. The van der Waals surface area contributed by atoms with Crippen LogP contribution in [-0.2, 0) is 4.79 Å². The van der Waals surface area contributed by atoms with E-state index in [9.17, 15) is 4.79 Å². The minimum atomic E-state index is -0.744. The molecule has 0 saturated carbocycles. The molecule has 2 aromatic rings. The highest BCUT2D eigenvalue weighted by Crippen LogP contribution is 2.28. The molecule has 0 saturated heterocycles. The predicted octanol–water partition coefficient (Wildman–Crippen LogP) is 3.91. The average Bonchev–Trinajstić information content (AvgIpc) is 2.51. The van der Waals surface area contributed by atoms with Crippen LogP contribution in [0.5, 0.6) is 5.75 Å². The van der Waals surface area contributed by atoms with E-state index in [0.29, 0.717) is 15.8 Å². The van der Waals surface area contributed by atoms with Crippen molar-refractivity contribution >= 4 is 35.3 Å². The average molecular weight is 337 g/mol. The summed E-state index contributed by atoms with van der Waals surface area (Å²) in [6, 6.07) is 14.2. The fourth-order valence-corrected chi connectivity index (χ4v) is 2.07. The second kappa shape index (κ2) is 7.82. The number of benzene rings is 2. The van der Waals surface area contributed by atoms with Crippen LogP contribution in [0.1, 0.15) is 12.5 Å². The Hall–Kier alpha value is -2.04. The number of ether oxygens (including phenoxy) is 1. The Labute approximate surface area is 138 Å². The van der Waals surface area contributed by atoms with E-state index in [1.54, 1.807) is 31.3 Å². The Morgan fingerprint density at radius 1 is 1.23 bits per heavy atom. The fourth-order valence-electron chi connectivity index (χ4n) is 1.62. The summed E-state index contributed by atoms with van der Waals surface area (Å²) in [6.07, 6.45) is 0.812. The Balaban J connectivity index is 1.91. The summed E-state index contributed by atoms with van der Waals surface area (Å²) in [5.74, 6) is 0.0129. The highest BCUT2D eigenvalue weighted by Gasteiger charge is 2.15. The van der Waals surface area contributed by atoms with Crippen molar-refractivity contribution < 1.29 is 9.53 Å². The largest absolute Gasteiger partial charge is 0.479 e. The van der Waals surface area contributed by atoms with E-state index in [2.05, 4.69) is 10.5 Å². The zero-order chi connectivity index (χ0) is 15.9. The van der Waals surface area contributed by atoms with E-state index in [1.165, 1.54) is 0 Å². The number of nitrogens with one attached hydrogen (secondary N) is 1. The number of nitrogens with zero attached hydrogens (tertiary/aromatic N) is 1. The molecule has 1 N–H and O–H groups in total. The first-order valence-electron chi connectivity index (χ1n) is 6.56. The number of hydrogen-bond donors (Lipinski definition) is 1. The molecule has 114 valence electrons. The van der Waals surface area contributed by atoms with Gasteiger partial charge in [0, 0.05) is 5.02 Å². The molecule has 0 bridgehead atoms. The van der Waals surface area contributed by atoms with Gasteiger partial charge in [-0.3, -0.25) is 4.79 Å². The number of carbonyl (C=O) groups excluding carboxylic acids is 1. The molecule has 0 aliphatic carbocycles. The van der Waals surface area contributed by atoms with E-state index in [1.807, 2.05) is 30.3 Å². The molecule has 6 heteroatoms. The Morgan fingerprint density at radius 3 is 2.64 bits per heavy atom. The lowest BCUT2D eigenvalue weighted by Gasteiger charge is -2.14. The molecule has 1 atom stereocenters. The quantitative estimate of drug-likeness (QED) is 0.664. The van der Waals surface area contributed by atoms with E-state index in [4.69, 9.17) is 27.9 Å². The summed E-state index contributed by atoms with van der Waals surface area (Å²) in [7, 11) is 0. The van der Waals surface area contributed by atoms with Crippen molar-refractivity contribution in [3.05, 3.63) is 64.1 Å². The molecule has 0 aromatic heterocycles. The van der Waals surface area contributed by atoms with Crippen LogP contribution in [0.15, 0.2) is 53.6 Å². The molecule has 1 amide bonds. The monoisotopic (exact) mass is 336 g/mol. The summed E-state index contributed by atoms with van der Waals surface area (Å²) < 4.78 is 5.49. The van der Waals surface area contributed by atoms with E-state index < -0.39 is 6.10 Å². The molecule has 0 heterocycles. The molecule has 0 spiro atoms. The SMILES string of the molecule is CC(Oc1ccc(Cl)cc1Cl)C(=O)NN=Cc1ccccc1. The lowest BCUT2D eigenvalue weighted by atomic mass is 10.2. The lowest BCUT2D eigenvalue weighted by molar-refractivity contribution is -0.127. The Kier molecular flexibility index (Phi) is 5.81. The minimum absolute atomic E-state index is 0.347. The van der Waals surface area contributed by atoms with Gasteiger partial charge >= 0.3 is 0 Å². The molecule has 0 aliphatic heterocycles. The first-order chi connectivity index (χ1) is 10.6. The van der Waals surface area contributed by atoms with Gasteiger partial charge in [-0.1, -0.05) is 53.5 Å². The maximum atomic E-state index is 11.9. The predicted molar refractivity (Wildman–Crippen MR) is 88.7 cm³/mol. The Morgan fingerprint density at radius 2 is 1.95 bits per heavy atom. The van der Waals surface area contributed by atoms with Gasteiger partial charge in [0.2, 0.25) is 0 Å². The number of hydrogen-bond acceptors (Lipinski definition) is 3. The fraction of sp³-hybridized carbons (Fsp3) is 0.125. The van der Waals surface area contributed by atoms with Crippen LogP contribution < -0.4 is 10.2 Å². The van der Waals surface area contributed by atoms with Crippen molar-refractivity contribution in [1.82, 2.24) is 5.43 Å². The standard InChI is InChI=1S/C16H14Cl2N2O2/c1-11(22-15-8-7-13(17)9-14(15)18)16(21)20-19-10-12-5-3-2-4-6-12/h2-11H,1H3,(H,20,21). The van der Waals surface area contributed by atoms with E-state index in [0.717, 1.165) is 5.56 Å². The number of rotatable bonds is 5. The molecule has 0 radical (unpaired) electrons. The van der Waals surface area contributed by atoms with Crippen molar-refractivity contribution in [2.24, 2.45) is 5.10 Å². The summed E-state index contributed by atoms with van der Waals surface area (Å²) in [4.78, 5) is 11.9. The van der Waals surface area contributed by atoms with Crippen LogP contribution in [0, 0.1) is 0 Å². The van der Waals surface area contributed by atoms with Gasteiger partial charge in [0.15, 0.2) is 6.10 Å². The summed E-state index contributed by atoms with van der Waals surface area (Å²) in [5, 5.41) is 4.73. The highest BCUT2D eigenvalue weighted by atomic mass is 35.5. The maximum absolute atomic E-state index is 11.9. The third-order valence-corrected chi connectivity index (χ3v) is 3.29. The summed E-state index contributed by atoms with van der Waals surface area (Å²) in [5.41, 5.74) is 3.30.